The molecule has 0 atom stereocenters. The summed E-state index contributed by atoms with van der Waals surface area (Å²) in [4.78, 5) is 0. The number of allylic oxidation sites excluding steroid dienone is 5. The van der Waals surface area contributed by atoms with Crippen molar-refractivity contribution in [1.29, 1.82) is 0 Å². The Balaban J connectivity index is 5.42. The van der Waals surface area contributed by atoms with Gasteiger partial charge < -0.3 is 0 Å². The Bertz CT molecular complexity index is 252. The van der Waals surface area contributed by atoms with E-state index < -0.39 is 5.92 Å². The SMILES string of the molecule is C=C/C(=C(\C=C/C)C(C)C)C(C)(F)F. The minimum atomic E-state index is -2.82. The van der Waals surface area contributed by atoms with Gasteiger partial charge in [0.25, 0.3) is 5.92 Å². The molecule has 0 spiro atoms. The van der Waals surface area contributed by atoms with Gasteiger partial charge in [-0.3, -0.25) is 0 Å². The molecule has 0 aliphatic carbocycles. The minimum absolute atomic E-state index is 0.0191. The van der Waals surface area contributed by atoms with E-state index in [2.05, 4.69) is 6.58 Å². The lowest BCUT2D eigenvalue weighted by Crippen LogP contribution is -2.15. The molecule has 0 N–H and O–H groups in total. The van der Waals surface area contributed by atoms with Gasteiger partial charge in [-0.15, -0.1) is 0 Å². The van der Waals surface area contributed by atoms with Crippen LogP contribution in [0.4, 0.5) is 8.78 Å². The number of alkyl halides is 2. The van der Waals surface area contributed by atoms with E-state index in [1.165, 1.54) is 6.08 Å². The summed E-state index contributed by atoms with van der Waals surface area (Å²) in [6, 6.07) is 0. The van der Waals surface area contributed by atoms with Crippen molar-refractivity contribution in [3.05, 3.63) is 36.0 Å². The lowest BCUT2D eigenvalue weighted by Gasteiger charge is -2.18. The lowest BCUT2D eigenvalue weighted by atomic mass is 9.93. The molecule has 0 aliphatic rings. The fraction of sp³-hybridized carbons (Fsp3) is 0.500. The van der Waals surface area contributed by atoms with Crippen molar-refractivity contribution >= 4 is 0 Å². The van der Waals surface area contributed by atoms with Gasteiger partial charge in [-0.05, 0) is 18.4 Å². The quantitative estimate of drug-likeness (QED) is 0.591. The normalized spacial score (nSPS) is 14.8. The van der Waals surface area contributed by atoms with E-state index in [0.29, 0.717) is 5.57 Å². The van der Waals surface area contributed by atoms with Crippen molar-refractivity contribution < 1.29 is 8.78 Å². The summed E-state index contributed by atoms with van der Waals surface area (Å²) in [5.74, 6) is -2.74. The smallest absolute Gasteiger partial charge is 0.202 e. The molecule has 0 rings (SSSR count). The Morgan fingerprint density at radius 1 is 1.36 bits per heavy atom. The van der Waals surface area contributed by atoms with Gasteiger partial charge in [0.15, 0.2) is 0 Å². The van der Waals surface area contributed by atoms with Crippen LogP contribution < -0.4 is 0 Å². The molecule has 0 aromatic carbocycles. The van der Waals surface area contributed by atoms with E-state index in [4.69, 9.17) is 0 Å². The second-order valence-electron chi connectivity index (χ2n) is 3.62. The summed E-state index contributed by atoms with van der Waals surface area (Å²) < 4.78 is 26.3. The maximum absolute atomic E-state index is 13.2. The van der Waals surface area contributed by atoms with Crippen molar-refractivity contribution in [2.75, 3.05) is 0 Å². The molecule has 0 radical (unpaired) electrons. The molecule has 0 saturated carbocycles. The Morgan fingerprint density at radius 3 is 2.07 bits per heavy atom. The van der Waals surface area contributed by atoms with Crippen molar-refractivity contribution in [2.24, 2.45) is 5.92 Å². The third-order valence-corrected chi connectivity index (χ3v) is 1.96. The summed E-state index contributed by atoms with van der Waals surface area (Å²) in [5, 5.41) is 0. The summed E-state index contributed by atoms with van der Waals surface area (Å²) in [6.07, 6.45) is 4.74. The van der Waals surface area contributed by atoms with Gasteiger partial charge in [0.2, 0.25) is 0 Å². The monoisotopic (exact) mass is 200 g/mol. The highest BCUT2D eigenvalue weighted by Gasteiger charge is 2.28. The number of hydrogen-bond acceptors (Lipinski definition) is 0. The third kappa shape index (κ3) is 3.44. The van der Waals surface area contributed by atoms with Crippen LogP contribution in [-0.4, -0.2) is 5.92 Å². The second-order valence-corrected chi connectivity index (χ2v) is 3.62. The van der Waals surface area contributed by atoms with Crippen LogP contribution in [0.15, 0.2) is 36.0 Å². The highest BCUT2D eigenvalue weighted by Crippen LogP contribution is 2.30. The van der Waals surface area contributed by atoms with E-state index in [1.54, 1.807) is 12.2 Å². The highest BCUT2D eigenvalue weighted by atomic mass is 19.3. The third-order valence-electron chi connectivity index (χ3n) is 1.96. The van der Waals surface area contributed by atoms with E-state index in [9.17, 15) is 8.78 Å². The summed E-state index contributed by atoms with van der Waals surface area (Å²) in [7, 11) is 0. The molecule has 0 fully saturated rings. The molecule has 0 aromatic rings. The molecule has 0 saturated heterocycles. The number of halogens is 2. The first-order valence-corrected chi connectivity index (χ1v) is 4.72. The van der Waals surface area contributed by atoms with Gasteiger partial charge in [0.1, 0.15) is 0 Å². The molecule has 0 heterocycles. The second kappa shape index (κ2) is 5.08. The maximum Gasteiger partial charge on any atom is 0.270 e. The van der Waals surface area contributed by atoms with Gasteiger partial charge in [-0.2, -0.15) is 0 Å². The molecule has 0 amide bonds. The van der Waals surface area contributed by atoms with E-state index in [0.717, 1.165) is 6.92 Å². The molecule has 0 aliphatic heterocycles. The van der Waals surface area contributed by atoms with E-state index in [-0.39, 0.29) is 11.5 Å². The zero-order valence-corrected chi connectivity index (χ0v) is 9.27. The first kappa shape index (κ1) is 13.1. The maximum atomic E-state index is 13.2. The molecule has 0 nitrogen and oxygen atoms in total. The van der Waals surface area contributed by atoms with E-state index >= 15 is 0 Å². The van der Waals surface area contributed by atoms with Crippen molar-refractivity contribution in [3.8, 4) is 0 Å². The molecule has 14 heavy (non-hydrogen) atoms. The molecule has 0 bridgehead atoms. The summed E-state index contributed by atoms with van der Waals surface area (Å²) in [6.45, 7) is 9.94. The molecule has 80 valence electrons. The van der Waals surface area contributed by atoms with Crippen LogP contribution >= 0.6 is 0 Å². The molecule has 0 aromatic heterocycles. The topological polar surface area (TPSA) is 0 Å². The standard InChI is InChI=1S/C12H18F2/c1-6-8-10(9(3)4)11(7-2)12(5,13)14/h6-9H,2H2,1,3-5H3/b8-6-,11-10-. The zero-order valence-electron chi connectivity index (χ0n) is 9.27. The Hall–Kier alpha value is -0.920. The average molecular weight is 200 g/mol. The van der Waals surface area contributed by atoms with Crippen molar-refractivity contribution in [3.63, 3.8) is 0 Å². The van der Waals surface area contributed by atoms with Crippen molar-refractivity contribution in [1.82, 2.24) is 0 Å². The van der Waals surface area contributed by atoms with Crippen LogP contribution in [0.25, 0.3) is 0 Å². The summed E-state index contributed by atoms with van der Waals surface area (Å²) >= 11 is 0. The fourth-order valence-corrected chi connectivity index (χ4v) is 1.32. The predicted molar refractivity (Wildman–Crippen MR) is 57.5 cm³/mol. The van der Waals surface area contributed by atoms with Crippen LogP contribution in [0.3, 0.4) is 0 Å². The molecule has 2 heteroatoms. The van der Waals surface area contributed by atoms with Crippen LogP contribution in [0, 0.1) is 5.92 Å². The van der Waals surface area contributed by atoms with Crippen LogP contribution in [0.5, 0.6) is 0 Å². The number of rotatable bonds is 4. The van der Waals surface area contributed by atoms with E-state index in [1.807, 2.05) is 20.8 Å². The largest absolute Gasteiger partial charge is 0.270 e. The van der Waals surface area contributed by atoms with Gasteiger partial charge in [-0.25, -0.2) is 8.78 Å². The van der Waals surface area contributed by atoms with Gasteiger partial charge in [0.05, 0.1) is 0 Å². The Labute approximate surface area is 85.0 Å². The first-order valence-electron chi connectivity index (χ1n) is 4.72. The first-order chi connectivity index (χ1) is 6.34. The Morgan fingerprint density at radius 2 is 1.86 bits per heavy atom. The number of hydrogen-bond donors (Lipinski definition) is 0. The van der Waals surface area contributed by atoms with Crippen LogP contribution in [0.2, 0.25) is 0 Å². The van der Waals surface area contributed by atoms with Crippen molar-refractivity contribution in [2.45, 2.75) is 33.6 Å². The highest BCUT2D eigenvalue weighted by molar-refractivity contribution is 5.37. The van der Waals surface area contributed by atoms with Crippen LogP contribution in [-0.2, 0) is 0 Å². The van der Waals surface area contributed by atoms with Gasteiger partial charge in [-0.1, -0.05) is 38.7 Å². The Kier molecular flexibility index (Phi) is 4.75. The summed E-state index contributed by atoms with van der Waals surface area (Å²) in [5.41, 5.74) is 0.667. The zero-order chi connectivity index (χ0) is 11.4. The molecular weight excluding hydrogens is 182 g/mol. The fourth-order valence-electron chi connectivity index (χ4n) is 1.32. The lowest BCUT2D eigenvalue weighted by molar-refractivity contribution is 0.0661. The molecule has 0 unspecified atom stereocenters. The average Bonchev–Trinajstić information content (AvgIpc) is 2.01. The predicted octanol–water partition coefficient (Wildman–Crippen LogP) is 4.36. The molecular formula is C12H18F2. The minimum Gasteiger partial charge on any atom is -0.202 e. The van der Waals surface area contributed by atoms with Gasteiger partial charge >= 0.3 is 0 Å². The van der Waals surface area contributed by atoms with Gasteiger partial charge in [0, 0.05) is 12.5 Å². The van der Waals surface area contributed by atoms with Crippen LogP contribution in [0.1, 0.15) is 27.7 Å².